The van der Waals surface area contributed by atoms with Crippen LogP contribution in [-0.2, 0) is 11.4 Å². The summed E-state index contributed by atoms with van der Waals surface area (Å²) in [6.45, 7) is 0.413. The number of nitrogens with zero attached hydrogens (tertiary/aromatic N) is 2. The Morgan fingerprint density at radius 3 is 2.40 bits per heavy atom. The Morgan fingerprint density at radius 2 is 1.80 bits per heavy atom. The molecule has 128 valence electrons. The van der Waals surface area contributed by atoms with Crippen molar-refractivity contribution in [3.8, 4) is 11.4 Å². The average molecular weight is 408 g/mol. The first-order valence-corrected chi connectivity index (χ1v) is 8.06. The summed E-state index contributed by atoms with van der Waals surface area (Å²) < 4.78 is 30.6. The van der Waals surface area contributed by atoms with E-state index in [1.807, 2.05) is 30.3 Å². The maximum atomic E-state index is 13.0. The number of aromatic nitrogens is 2. The Bertz CT molecular complexity index is 862. The maximum absolute atomic E-state index is 13.0. The van der Waals surface area contributed by atoms with Crippen LogP contribution in [0.3, 0.4) is 0 Å². The molecule has 3 rings (SSSR count). The highest BCUT2D eigenvalue weighted by Gasteiger charge is 2.34. The third kappa shape index (κ3) is 4.27. The summed E-state index contributed by atoms with van der Waals surface area (Å²) in [5, 5.41) is 6.31. The highest BCUT2D eigenvalue weighted by Crippen LogP contribution is 2.34. The van der Waals surface area contributed by atoms with Crippen LogP contribution in [0.1, 0.15) is 21.8 Å². The Hall–Kier alpha value is -2.61. The summed E-state index contributed by atoms with van der Waals surface area (Å²) in [7, 11) is 0. The standard InChI is InChI=1S/C17H12BrF2N3O2/c18-17(19,20)16-22-14(23-25-16)12-6-8-13(9-7-12)15(24)21-10-11-4-2-1-3-5-11/h1-9H,10H2,(H,21,24). The van der Waals surface area contributed by atoms with E-state index < -0.39 is 10.7 Å². The van der Waals surface area contributed by atoms with Gasteiger partial charge in [-0.1, -0.05) is 47.6 Å². The van der Waals surface area contributed by atoms with E-state index in [1.165, 1.54) is 0 Å². The van der Waals surface area contributed by atoms with Gasteiger partial charge in [0.25, 0.3) is 5.91 Å². The van der Waals surface area contributed by atoms with Crippen LogP contribution >= 0.6 is 15.9 Å². The first-order chi connectivity index (χ1) is 11.9. The van der Waals surface area contributed by atoms with Gasteiger partial charge in [0.2, 0.25) is 5.82 Å². The van der Waals surface area contributed by atoms with Crippen LogP contribution < -0.4 is 5.32 Å². The van der Waals surface area contributed by atoms with Crippen molar-refractivity contribution in [2.45, 2.75) is 11.4 Å². The second-order valence-corrected chi connectivity index (χ2v) is 6.16. The molecule has 0 atom stereocenters. The molecule has 0 aliphatic heterocycles. The SMILES string of the molecule is O=C(NCc1ccccc1)c1ccc(-c2noc(C(F)(F)Br)n2)cc1. The van der Waals surface area contributed by atoms with Crippen molar-refractivity contribution < 1.29 is 18.1 Å². The van der Waals surface area contributed by atoms with Crippen LogP contribution in [0.15, 0.2) is 59.1 Å². The van der Waals surface area contributed by atoms with E-state index in [9.17, 15) is 13.6 Å². The Labute approximate surface area is 150 Å². The van der Waals surface area contributed by atoms with Crippen LogP contribution in [0.5, 0.6) is 0 Å². The molecule has 1 heterocycles. The lowest BCUT2D eigenvalue weighted by molar-refractivity contribution is 0.0725. The van der Waals surface area contributed by atoms with Gasteiger partial charge in [0, 0.05) is 33.6 Å². The summed E-state index contributed by atoms with van der Waals surface area (Å²) in [4.78, 5) is 12.4. The Morgan fingerprint density at radius 1 is 1.12 bits per heavy atom. The number of carbonyl (C=O) groups excluding carboxylic acids is 1. The number of halogens is 3. The fraction of sp³-hybridized carbons (Fsp3) is 0.118. The molecule has 0 fully saturated rings. The van der Waals surface area contributed by atoms with Gasteiger partial charge in [0.05, 0.1) is 0 Å². The number of amides is 1. The monoisotopic (exact) mass is 407 g/mol. The van der Waals surface area contributed by atoms with Crippen LogP contribution in [0.4, 0.5) is 8.78 Å². The largest absolute Gasteiger partial charge is 0.378 e. The van der Waals surface area contributed by atoms with E-state index in [0.717, 1.165) is 5.56 Å². The predicted octanol–water partition coefficient (Wildman–Crippen LogP) is 4.11. The van der Waals surface area contributed by atoms with Crippen molar-refractivity contribution in [1.29, 1.82) is 0 Å². The quantitative estimate of drug-likeness (QED) is 0.646. The fourth-order valence-corrected chi connectivity index (χ4v) is 2.27. The van der Waals surface area contributed by atoms with Gasteiger partial charge in [-0.2, -0.15) is 13.8 Å². The molecule has 0 radical (unpaired) electrons. The first kappa shape index (κ1) is 17.2. The lowest BCUT2D eigenvalue weighted by Gasteiger charge is -2.05. The zero-order valence-electron chi connectivity index (χ0n) is 12.7. The number of benzene rings is 2. The van der Waals surface area contributed by atoms with E-state index in [1.54, 1.807) is 24.3 Å². The molecular weight excluding hydrogens is 396 g/mol. The summed E-state index contributed by atoms with van der Waals surface area (Å²) in [5.41, 5.74) is 1.89. The molecule has 8 heteroatoms. The minimum absolute atomic E-state index is 0.0189. The molecule has 1 amide bonds. The van der Waals surface area contributed by atoms with Crippen molar-refractivity contribution in [2.75, 3.05) is 0 Å². The van der Waals surface area contributed by atoms with Gasteiger partial charge in [0.1, 0.15) is 0 Å². The average Bonchev–Trinajstić information content (AvgIpc) is 3.11. The fourth-order valence-electron chi connectivity index (χ4n) is 2.11. The second-order valence-electron chi connectivity index (χ2n) is 5.17. The molecular formula is C17H12BrF2N3O2. The highest BCUT2D eigenvalue weighted by molar-refractivity contribution is 9.09. The van der Waals surface area contributed by atoms with E-state index in [4.69, 9.17) is 0 Å². The smallest absolute Gasteiger partial charge is 0.348 e. The summed E-state index contributed by atoms with van der Waals surface area (Å²) in [6, 6.07) is 15.8. The number of alkyl halides is 3. The summed E-state index contributed by atoms with van der Waals surface area (Å²) >= 11 is 2.16. The van der Waals surface area contributed by atoms with E-state index in [2.05, 4.69) is 35.9 Å². The van der Waals surface area contributed by atoms with Crippen LogP contribution in [0, 0.1) is 0 Å². The minimum atomic E-state index is -3.38. The number of hydrogen-bond donors (Lipinski definition) is 1. The van der Waals surface area contributed by atoms with E-state index >= 15 is 0 Å². The molecule has 0 spiro atoms. The van der Waals surface area contributed by atoms with Gasteiger partial charge in [-0.15, -0.1) is 0 Å². The molecule has 1 N–H and O–H groups in total. The number of hydrogen-bond acceptors (Lipinski definition) is 4. The topological polar surface area (TPSA) is 68.0 Å². The van der Waals surface area contributed by atoms with Gasteiger partial charge in [-0.25, -0.2) is 0 Å². The molecule has 0 unspecified atom stereocenters. The van der Waals surface area contributed by atoms with Gasteiger partial charge in [0.15, 0.2) is 0 Å². The molecule has 2 aromatic carbocycles. The third-order valence-electron chi connectivity index (χ3n) is 3.37. The summed E-state index contributed by atoms with van der Waals surface area (Å²) in [5.74, 6) is -1.05. The Kier molecular flexibility index (Phi) is 4.89. The molecule has 0 saturated heterocycles. The molecule has 0 aliphatic rings. The van der Waals surface area contributed by atoms with E-state index in [-0.39, 0.29) is 11.7 Å². The molecule has 3 aromatic rings. The van der Waals surface area contributed by atoms with Gasteiger partial charge < -0.3 is 9.84 Å². The maximum Gasteiger partial charge on any atom is 0.378 e. The molecule has 0 bridgehead atoms. The normalized spacial score (nSPS) is 11.3. The zero-order chi connectivity index (χ0) is 17.9. The summed E-state index contributed by atoms with van der Waals surface area (Å²) in [6.07, 6.45) is 0. The Balaban J connectivity index is 1.67. The van der Waals surface area contributed by atoms with Crippen molar-refractivity contribution >= 4 is 21.8 Å². The zero-order valence-corrected chi connectivity index (χ0v) is 14.3. The highest BCUT2D eigenvalue weighted by atomic mass is 79.9. The minimum Gasteiger partial charge on any atom is -0.348 e. The van der Waals surface area contributed by atoms with Crippen LogP contribution in [0.2, 0.25) is 0 Å². The molecule has 25 heavy (non-hydrogen) atoms. The van der Waals surface area contributed by atoms with Crippen molar-refractivity contribution in [3.05, 3.63) is 71.6 Å². The number of carbonyl (C=O) groups is 1. The molecule has 0 saturated carbocycles. The van der Waals surface area contributed by atoms with Gasteiger partial charge in [-0.05, 0) is 17.7 Å². The first-order valence-electron chi connectivity index (χ1n) is 7.27. The van der Waals surface area contributed by atoms with Crippen molar-refractivity contribution in [1.82, 2.24) is 15.5 Å². The molecule has 0 aliphatic carbocycles. The third-order valence-corrected chi connectivity index (χ3v) is 3.71. The molecule has 5 nitrogen and oxygen atoms in total. The number of rotatable bonds is 5. The van der Waals surface area contributed by atoms with Gasteiger partial charge >= 0.3 is 10.7 Å². The lowest BCUT2D eigenvalue weighted by Crippen LogP contribution is -2.22. The lowest BCUT2D eigenvalue weighted by atomic mass is 10.1. The van der Waals surface area contributed by atoms with Crippen molar-refractivity contribution in [3.63, 3.8) is 0 Å². The molecule has 1 aromatic heterocycles. The predicted molar refractivity (Wildman–Crippen MR) is 90.2 cm³/mol. The van der Waals surface area contributed by atoms with Gasteiger partial charge in [-0.3, -0.25) is 4.79 Å². The van der Waals surface area contributed by atoms with E-state index in [0.29, 0.717) is 17.7 Å². The number of nitrogens with one attached hydrogen (secondary N) is 1. The van der Waals surface area contributed by atoms with Crippen LogP contribution in [-0.4, -0.2) is 16.0 Å². The van der Waals surface area contributed by atoms with Crippen LogP contribution in [0.25, 0.3) is 11.4 Å². The second kappa shape index (κ2) is 7.10. The van der Waals surface area contributed by atoms with Crippen molar-refractivity contribution in [2.24, 2.45) is 0 Å².